The molecule has 0 spiro atoms. The van der Waals surface area contributed by atoms with E-state index in [4.69, 9.17) is 17.3 Å². The van der Waals surface area contributed by atoms with Gasteiger partial charge in [-0.3, -0.25) is 0 Å². The molecule has 0 unspecified atom stereocenters. The number of halogens is 1. The van der Waals surface area contributed by atoms with E-state index in [2.05, 4.69) is 23.5 Å². The quantitative estimate of drug-likeness (QED) is 0.722. The van der Waals surface area contributed by atoms with Gasteiger partial charge in [-0.1, -0.05) is 31.5 Å². The third-order valence-electron chi connectivity index (χ3n) is 3.26. The van der Waals surface area contributed by atoms with E-state index in [9.17, 15) is 8.42 Å². The highest BCUT2D eigenvalue weighted by Gasteiger charge is 2.15. The van der Waals surface area contributed by atoms with Gasteiger partial charge >= 0.3 is 0 Å². The fourth-order valence-corrected chi connectivity index (χ4v) is 3.40. The number of nitrogens with two attached hydrogens (primary N) is 1. The van der Waals surface area contributed by atoms with Crippen LogP contribution in [0.4, 0.5) is 0 Å². The first-order valence-corrected chi connectivity index (χ1v) is 9.01. The lowest BCUT2D eigenvalue weighted by Crippen LogP contribution is -2.35. The molecule has 0 heterocycles. The maximum absolute atomic E-state index is 12.2. The van der Waals surface area contributed by atoms with Crippen molar-refractivity contribution in [3.8, 4) is 0 Å². The van der Waals surface area contributed by atoms with Crippen LogP contribution in [0, 0.1) is 0 Å². The molecule has 0 aliphatic carbocycles. The highest BCUT2D eigenvalue weighted by Crippen LogP contribution is 2.20. The Morgan fingerprint density at radius 2 is 2.00 bits per heavy atom. The number of hydrogen-bond acceptors (Lipinski definition) is 4. The molecule has 7 heteroatoms. The first-order valence-electron chi connectivity index (χ1n) is 7.15. The van der Waals surface area contributed by atoms with E-state index in [1.807, 2.05) is 0 Å². The van der Waals surface area contributed by atoms with E-state index >= 15 is 0 Å². The topological polar surface area (TPSA) is 75.4 Å². The van der Waals surface area contributed by atoms with Gasteiger partial charge in [0.25, 0.3) is 0 Å². The van der Waals surface area contributed by atoms with Gasteiger partial charge in [0.15, 0.2) is 0 Å². The lowest BCUT2D eigenvalue weighted by Gasteiger charge is -2.19. The summed E-state index contributed by atoms with van der Waals surface area (Å²) >= 11 is 6.00. The van der Waals surface area contributed by atoms with Gasteiger partial charge in [-0.25, -0.2) is 13.1 Å². The molecule has 0 saturated carbocycles. The predicted octanol–water partition coefficient (Wildman–Crippen LogP) is 1.81. The largest absolute Gasteiger partial charge is 0.326 e. The minimum Gasteiger partial charge on any atom is -0.326 e. The monoisotopic (exact) mass is 333 g/mol. The van der Waals surface area contributed by atoms with E-state index in [1.165, 1.54) is 12.1 Å². The zero-order valence-electron chi connectivity index (χ0n) is 12.6. The summed E-state index contributed by atoms with van der Waals surface area (Å²) in [5, 5.41) is 0.376. The molecule has 1 rings (SSSR count). The molecule has 21 heavy (non-hydrogen) atoms. The zero-order chi connectivity index (χ0) is 15.9. The van der Waals surface area contributed by atoms with Gasteiger partial charge in [-0.15, -0.1) is 0 Å². The van der Waals surface area contributed by atoms with E-state index in [0.29, 0.717) is 18.1 Å². The van der Waals surface area contributed by atoms with Crippen molar-refractivity contribution in [3.63, 3.8) is 0 Å². The third kappa shape index (κ3) is 5.56. The van der Waals surface area contributed by atoms with Crippen molar-refractivity contribution in [3.05, 3.63) is 28.8 Å². The van der Waals surface area contributed by atoms with Crippen LogP contribution in [0.5, 0.6) is 0 Å². The van der Waals surface area contributed by atoms with Gasteiger partial charge in [0.2, 0.25) is 10.0 Å². The van der Waals surface area contributed by atoms with Crippen LogP contribution in [0.15, 0.2) is 23.1 Å². The summed E-state index contributed by atoms with van der Waals surface area (Å²) in [6.45, 7) is 7.41. The fraction of sp³-hybridized carbons (Fsp3) is 0.571. The average molecular weight is 334 g/mol. The van der Waals surface area contributed by atoms with Crippen molar-refractivity contribution in [2.75, 3.05) is 26.2 Å². The van der Waals surface area contributed by atoms with Crippen LogP contribution in [-0.2, 0) is 16.6 Å². The summed E-state index contributed by atoms with van der Waals surface area (Å²) in [6, 6.07) is 4.61. The molecule has 3 N–H and O–H groups in total. The Morgan fingerprint density at radius 1 is 1.29 bits per heavy atom. The van der Waals surface area contributed by atoms with Gasteiger partial charge in [0.1, 0.15) is 0 Å². The summed E-state index contributed by atoms with van der Waals surface area (Å²) in [7, 11) is -3.53. The Balaban J connectivity index is 2.67. The summed E-state index contributed by atoms with van der Waals surface area (Å²) in [4.78, 5) is 2.37. The van der Waals surface area contributed by atoms with Gasteiger partial charge in [0, 0.05) is 24.7 Å². The van der Waals surface area contributed by atoms with Crippen molar-refractivity contribution in [1.82, 2.24) is 9.62 Å². The van der Waals surface area contributed by atoms with Gasteiger partial charge in [-0.2, -0.15) is 0 Å². The summed E-state index contributed by atoms with van der Waals surface area (Å²) < 4.78 is 27.0. The van der Waals surface area contributed by atoms with E-state index in [1.54, 1.807) is 6.07 Å². The number of nitrogens with zero attached hydrogens (tertiary/aromatic N) is 1. The number of rotatable bonds is 9. The van der Waals surface area contributed by atoms with Crippen LogP contribution in [0.25, 0.3) is 0 Å². The van der Waals surface area contributed by atoms with Gasteiger partial charge in [-0.05, 0) is 37.2 Å². The maximum atomic E-state index is 12.2. The molecule has 5 nitrogen and oxygen atoms in total. The molecular formula is C14H24ClN3O2S. The summed E-state index contributed by atoms with van der Waals surface area (Å²) in [6.07, 6.45) is 1.05. The maximum Gasteiger partial charge on any atom is 0.240 e. The molecule has 0 aliphatic rings. The Hall–Kier alpha value is -0.660. The number of hydrogen-bond donors (Lipinski definition) is 2. The molecule has 1 aromatic rings. The fourth-order valence-electron chi connectivity index (χ4n) is 2.03. The predicted molar refractivity (Wildman–Crippen MR) is 86.9 cm³/mol. The van der Waals surface area contributed by atoms with Crippen molar-refractivity contribution >= 4 is 21.6 Å². The Labute approximate surface area is 132 Å². The van der Waals surface area contributed by atoms with Crippen molar-refractivity contribution in [1.29, 1.82) is 0 Å². The standard InChI is InChI=1S/C14H24ClN3O2S/c1-3-8-18(4-2)9-7-17-21(19,20)13-6-5-12(11-16)14(15)10-13/h5-6,10,17H,3-4,7-9,11,16H2,1-2H3. The summed E-state index contributed by atoms with van der Waals surface area (Å²) in [5.41, 5.74) is 6.24. The molecule has 0 atom stereocenters. The number of benzene rings is 1. The molecule has 0 radical (unpaired) electrons. The van der Waals surface area contributed by atoms with Crippen molar-refractivity contribution < 1.29 is 8.42 Å². The second-order valence-corrected chi connectivity index (χ2v) is 6.96. The normalized spacial score (nSPS) is 12.0. The number of sulfonamides is 1. The van der Waals surface area contributed by atoms with Crippen LogP contribution < -0.4 is 10.5 Å². The molecule has 0 fully saturated rings. The average Bonchev–Trinajstić information content (AvgIpc) is 2.46. The molecular weight excluding hydrogens is 310 g/mol. The number of nitrogens with one attached hydrogen (secondary N) is 1. The Bertz CT molecular complexity index is 549. The highest BCUT2D eigenvalue weighted by atomic mass is 35.5. The molecule has 0 bridgehead atoms. The second kappa shape index (κ2) is 8.70. The van der Waals surface area contributed by atoms with E-state index in [0.717, 1.165) is 25.1 Å². The molecule has 120 valence electrons. The van der Waals surface area contributed by atoms with Crippen molar-refractivity contribution in [2.24, 2.45) is 5.73 Å². The molecule has 0 amide bonds. The molecule has 0 saturated heterocycles. The van der Waals surface area contributed by atoms with Crippen LogP contribution >= 0.6 is 11.6 Å². The minimum absolute atomic E-state index is 0.170. The first-order chi connectivity index (χ1) is 9.94. The van der Waals surface area contributed by atoms with E-state index in [-0.39, 0.29) is 11.4 Å². The first kappa shape index (κ1) is 18.4. The van der Waals surface area contributed by atoms with Crippen molar-refractivity contribution in [2.45, 2.75) is 31.7 Å². The van der Waals surface area contributed by atoms with Gasteiger partial charge in [0.05, 0.1) is 4.90 Å². The van der Waals surface area contributed by atoms with E-state index < -0.39 is 10.0 Å². The van der Waals surface area contributed by atoms with Crippen LogP contribution in [0.3, 0.4) is 0 Å². The van der Waals surface area contributed by atoms with Crippen LogP contribution in [0.2, 0.25) is 5.02 Å². The smallest absolute Gasteiger partial charge is 0.240 e. The second-order valence-electron chi connectivity index (χ2n) is 4.79. The summed E-state index contributed by atoms with van der Waals surface area (Å²) in [5.74, 6) is 0. The van der Waals surface area contributed by atoms with Crippen LogP contribution in [0.1, 0.15) is 25.8 Å². The SMILES string of the molecule is CCCN(CC)CCNS(=O)(=O)c1ccc(CN)c(Cl)c1. The highest BCUT2D eigenvalue weighted by molar-refractivity contribution is 7.89. The van der Waals surface area contributed by atoms with Crippen LogP contribution in [-0.4, -0.2) is 39.5 Å². The minimum atomic E-state index is -3.53. The zero-order valence-corrected chi connectivity index (χ0v) is 14.2. The Kier molecular flexibility index (Phi) is 7.62. The molecule has 1 aromatic carbocycles. The third-order valence-corrected chi connectivity index (χ3v) is 5.07. The molecule has 0 aromatic heterocycles. The lowest BCUT2D eigenvalue weighted by molar-refractivity contribution is 0.293. The lowest BCUT2D eigenvalue weighted by atomic mass is 10.2. The number of likely N-dealkylation sites (N-methyl/N-ethyl adjacent to an activating group) is 1. The molecule has 0 aliphatic heterocycles. The van der Waals surface area contributed by atoms with Gasteiger partial charge < -0.3 is 10.6 Å². The Morgan fingerprint density at radius 3 is 2.52 bits per heavy atom.